The van der Waals surface area contributed by atoms with Gasteiger partial charge in [-0.25, -0.2) is 9.97 Å². The number of ether oxygens (including phenoxy) is 2. The normalized spacial score (nSPS) is 25.6. The third-order valence-corrected chi connectivity index (χ3v) is 4.93. The first-order chi connectivity index (χ1) is 11.6. The van der Waals surface area contributed by atoms with Crippen LogP contribution < -0.4 is 9.80 Å². The van der Waals surface area contributed by atoms with Gasteiger partial charge in [-0.2, -0.15) is 4.98 Å². The van der Waals surface area contributed by atoms with Crippen molar-refractivity contribution in [3.05, 3.63) is 6.33 Å². The highest BCUT2D eigenvalue weighted by Crippen LogP contribution is 2.24. The quantitative estimate of drug-likeness (QED) is 0.828. The van der Waals surface area contributed by atoms with Crippen LogP contribution in [0.15, 0.2) is 6.33 Å². The molecule has 0 aromatic carbocycles. The van der Waals surface area contributed by atoms with E-state index in [-0.39, 0.29) is 0 Å². The summed E-state index contributed by atoms with van der Waals surface area (Å²) in [5.41, 5.74) is 0. The Balaban J connectivity index is 1.85. The molecule has 0 aliphatic carbocycles. The van der Waals surface area contributed by atoms with Crippen molar-refractivity contribution in [2.24, 2.45) is 11.8 Å². The van der Waals surface area contributed by atoms with Crippen molar-refractivity contribution in [3.8, 4) is 0 Å². The van der Waals surface area contributed by atoms with Crippen LogP contribution in [0.1, 0.15) is 27.7 Å². The number of rotatable bonds is 4. The second kappa shape index (κ2) is 7.61. The summed E-state index contributed by atoms with van der Waals surface area (Å²) in [4.78, 5) is 18.2. The van der Waals surface area contributed by atoms with Gasteiger partial charge in [-0.3, -0.25) is 0 Å². The molecule has 1 aromatic heterocycles. The second-order valence-electron chi connectivity index (χ2n) is 7.24. The fourth-order valence-electron chi connectivity index (χ4n) is 3.40. The van der Waals surface area contributed by atoms with E-state index < -0.39 is 0 Å². The SMILES string of the molecule is CC(C)C1COCCN1c1ncnc(N2CCOCC2C(C)C)n1. The Morgan fingerprint density at radius 3 is 1.75 bits per heavy atom. The fourth-order valence-corrected chi connectivity index (χ4v) is 3.40. The van der Waals surface area contributed by atoms with Gasteiger partial charge in [-0.05, 0) is 11.8 Å². The summed E-state index contributed by atoms with van der Waals surface area (Å²) in [6.07, 6.45) is 1.64. The van der Waals surface area contributed by atoms with Crippen LogP contribution in [0.4, 0.5) is 11.9 Å². The second-order valence-corrected chi connectivity index (χ2v) is 7.24. The minimum Gasteiger partial charge on any atom is -0.377 e. The summed E-state index contributed by atoms with van der Waals surface area (Å²) in [7, 11) is 0. The van der Waals surface area contributed by atoms with Gasteiger partial charge >= 0.3 is 0 Å². The van der Waals surface area contributed by atoms with E-state index in [9.17, 15) is 0 Å². The molecular weight excluding hydrogens is 306 g/mol. The van der Waals surface area contributed by atoms with Crippen molar-refractivity contribution in [2.45, 2.75) is 39.8 Å². The van der Waals surface area contributed by atoms with Gasteiger partial charge in [-0.1, -0.05) is 27.7 Å². The Morgan fingerprint density at radius 1 is 0.875 bits per heavy atom. The van der Waals surface area contributed by atoms with Crippen molar-refractivity contribution in [1.82, 2.24) is 15.0 Å². The lowest BCUT2D eigenvalue weighted by Gasteiger charge is -2.40. The van der Waals surface area contributed by atoms with Gasteiger partial charge in [0.05, 0.1) is 38.5 Å². The Bertz CT molecular complexity index is 496. The molecule has 0 radical (unpaired) electrons. The minimum absolute atomic E-state index is 0.305. The molecule has 2 fully saturated rings. The summed E-state index contributed by atoms with van der Waals surface area (Å²) in [6.45, 7) is 13.4. The first-order valence-corrected chi connectivity index (χ1v) is 8.95. The summed E-state index contributed by atoms with van der Waals surface area (Å²) in [5.74, 6) is 2.49. The number of hydrogen-bond acceptors (Lipinski definition) is 7. The van der Waals surface area contributed by atoms with Crippen LogP contribution in [-0.2, 0) is 9.47 Å². The molecule has 0 amide bonds. The fraction of sp³-hybridized carbons (Fsp3) is 0.824. The maximum atomic E-state index is 5.65. The highest BCUT2D eigenvalue weighted by molar-refractivity contribution is 5.40. The largest absolute Gasteiger partial charge is 0.377 e. The van der Waals surface area contributed by atoms with E-state index in [0.717, 1.165) is 51.4 Å². The first kappa shape index (κ1) is 17.4. The number of anilines is 2. The zero-order valence-corrected chi connectivity index (χ0v) is 15.2. The number of nitrogens with zero attached hydrogens (tertiary/aromatic N) is 5. The Morgan fingerprint density at radius 2 is 1.33 bits per heavy atom. The lowest BCUT2D eigenvalue weighted by molar-refractivity contribution is 0.0784. The summed E-state index contributed by atoms with van der Waals surface area (Å²) < 4.78 is 11.3. The van der Waals surface area contributed by atoms with E-state index in [0.29, 0.717) is 23.9 Å². The van der Waals surface area contributed by atoms with Gasteiger partial charge in [-0.15, -0.1) is 0 Å². The topological polar surface area (TPSA) is 63.6 Å². The molecule has 2 aliphatic heterocycles. The van der Waals surface area contributed by atoms with E-state index in [1.807, 2.05) is 0 Å². The van der Waals surface area contributed by atoms with Crippen LogP contribution in [0, 0.1) is 11.8 Å². The smallest absolute Gasteiger partial charge is 0.230 e. The molecule has 2 aliphatic rings. The molecule has 0 N–H and O–H groups in total. The third kappa shape index (κ3) is 3.62. The molecule has 2 atom stereocenters. The van der Waals surface area contributed by atoms with Crippen LogP contribution in [-0.4, -0.2) is 66.6 Å². The summed E-state index contributed by atoms with van der Waals surface area (Å²) in [6, 6.07) is 0.610. The van der Waals surface area contributed by atoms with Gasteiger partial charge in [0.2, 0.25) is 11.9 Å². The Kier molecular flexibility index (Phi) is 5.50. The molecule has 134 valence electrons. The first-order valence-electron chi connectivity index (χ1n) is 8.95. The van der Waals surface area contributed by atoms with E-state index in [1.54, 1.807) is 6.33 Å². The van der Waals surface area contributed by atoms with Crippen LogP contribution in [0.3, 0.4) is 0 Å². The molecule has 7 heteroatoms. The lowest BCUT2D eigenvalue weighted by Crippen LogP contribution is -2.50. The van der Waals surface area contributed by atoms with Crippen molar-refractivity contribution < 1.29 is 9.47 Å². The molecule has 0 spiro atoms. The minimum atomic E-state index is 0.305. The molecule has 3 rings (SSSR count). The molecular formula is C17H29N5O2. The molecule has 7 nitrogen and oxygen atoms in total. The van der Waals surface area contributed by atoms with Gasteiger partial charge in [0.15, 0.2) is 0 Å². The molecule has 0 bridgehead atoms. The average Bonchev–Trinajstić information content (AvgIpc) is 2.61. The highest BCUT2D eigenvalue weighted by Gasteiger charge is 2.31. The van der Waals surface area contributed by atoms with Crippen molar-refractivity contribution in [1.29, 1.82) is 0 Å². The van der Waals surface area contributed by atoms with Gasteiger partial charge in [0.25, 0.3) is 0 Å². The maximum Gasteiger partial charge on any atom is 0.230 e. The average molecular weight is 335 g/mol. The zero-order valence-electron chi connectivity index (χ0n) is 15.2. The summed E-state index contributed by atoms with van der Waals surface area (Å²) in [5, 5.41) is 0. The predicted molar refractivity (Wildman–Crippen MR) is 93.4 cm³/mol. The Hall–Kier alpha value is -1.47. The van der Waals surface area contributed by atoms with Gasteiger partial charge < -0.3 is 19.3 Å². The van der Waals surface area contributed by atoms with Crippen LogP contribution >= 0.6 is 0 Å². The lowest BCUT2D eigenvalue weighted by atomic mass is 10.0. The van der Waals surface area contributed by atoms with Crippen molar-refractivity contribution in [2.75, 3.05) is 49.3 Å². The predicted octanol–water partition coefficient (Wildman–Crippen LogP) is 1.59. The van der Waals surface area contributed by atoms with Crippen LogP contribution in [0.2, 0.25) is 0 Å². The molecule has 2 saturated heterocycles. The molecule has 2 unspecified atom stereocenters. The zero-order chi connectivity index (χ0) is 17.1. The standard InChI is InChI=1S/C17H29N5O2/c1-12(2)14-9-23-7-5-21(14)16-18-11-19-17(20-16)22-6-8-24-10-15(22)13(3)4/h11-15H,5-10H2,1-4H3. The maximum absolute atomic E-state index is 5.65. The Labute approximate surface area is 144 Å². The number of aromatic nitrogens is 3. The van der Waals surface area contributed by atoms with Gasteiger partial charge in [0, 0.05) is 13.1 Å². The molecule has 24 heavy (non-hydrogen) atoms. The van der Waals surface area contributed by atoms with Crippen molar-refractivity contribution in [3.63, 3.8) is 0 Å². The van der Waals surface area contributed by atoms with Crippen molar-refractivity contribution >= 4 is 11.9 Å². The highest BCUT2D eigenvalue weighted by atomic mass is 16.5. The summed E-state index contributed by atoms with van der Waals surface area (Å²) >= 11 is 0. The van der Waals surface area contributed by atoms with Crippen LogP contribution in [0.25, 0.3) is 0 Å². The van der Waals surface area contributed by atoms with Crippen LogP contribution in [0.5, 0.6) is 0 Å². The van der Waals surface area contributed by atoms with E-state index >= 15 is 0 Å². The van der Waals surface area contributed by atoms with E-state index in [2.05, 4.69) is 47.5 Å². The molecule has 0 saturated carbocycles. The monoisotopic (exact) mass is 335 g/mol. The van der Waals surface area contributed by atoms with E-state index in [1.165, 1.54) is 0 Å². The van der Waals surface area contributed by atoms with E-state index in [4.69, 9.17) is 14.5 Å². The third-order valence-electron chi connectivity index (χ3n) is 4.93. The molecule has 1 aromatic rings. The van der Waals surface area contributed by atoms with Gasteiger partial charge in [0.1, 0.15) is 6.33 Å². The molecule has 3 heterocycles. The number of hydrogen-bond donors (Lipinski definition) is 0. The number of morpholine rings is 2.